The highest BCUT2D eigenvalue weighted by atomic mass is 19.1. The van der Waals surface area contributed by atoms with Crippen LogP contribution < -0.4 is 5.73 Å². The normalized spacial score (nSPS) is 11.2. The average Bonchev–Trinajstić information content (AvgIpc) is 2.40. The van der Waals surface area contributed by atoms with Crippen molar-refractivity contribution < 1.29 is 9.18 Å². The first-order valence-electron chi connectivity index (χ1n) is 7.51. The summed E-state index contributed by atoms with van der Waals surface area (Å²) < 4.78 is 13.3. The molecule has 0 atom stereocenters. The van der Waals surface area contributed by atoms with Crippen molar-refractivity contribution in [3.63, 3.8) is 0 Å². The van der Waals surface area contributed by atoms with E-state index in [9.17, 15) is 9.18 Å². The minimum absolute atomic E-state index is 0.0838. The van der Waals surface area contributed by atoms with Crippen molar-refractivity contribution in [1.82, 2.24) is 9.88 Å². The Morgan fingerprint density at radius 2 is 1.76 bits per heavy atom. The van der Waals surface area contributed by atoms with Crippen LogP contribution in [0.25, 0.3) is 0 Å². The molecule has 118 valence electrons. The molecule has 0 saturated carbocycles. The fourth-order valence-electron chi connectivity index (χ4n) is 1.93. The van der Waals surface area contributed by atoms with E-state index in [4.69, 9.17) is 5.73 Å². The van der Waals surface area contributed by atoms with E-state index in [0.29, 0.717) is 24.9 Å². The molecular formula is C16H26FN3O. The van der Waals surface area contributed by atoms with Gasteiger partial charge in [0.2, 0.25) is 0 Å². The van der Waals surface area contributed by atoms with Crippen molar-refractivity contribution in [2.75, 3.05) is 18.8 Å². The molecule has 0 radical (unpaired) electrons. The molecule has 0 aliphatic carbocycles. The van der Waals surface area contributed by atoms with E-state index < -0.39 is 5.82 Å². The van der Waals surface area contributed by atoms with Crippen molar-refractivity contribution in [3.05, 3.63) is 23.6 Å². The molecule has 1 rings (SSSR count). The van der Waals surface area contributed by atoms with E-state index in [0.717, 1.165) is 19.0 Å². The summed E-state index contributed by atoms with van der Waals surface area (Å²) in [5, 5.41) is 0. The molecule has 0 aliphatic rings. The lowest BCUT2D eigenvalue weighted by Crippen LogP contribution is -2.34. The Balaban J connectivity index is 2.89. The highest BCUT2D eigenvalue weighted by Crippen LogP contribution is 2.15. The fourth-order valence-corrected chi connectivity index (χ4v) is 1.93. The van der Waals surface area contributed by atoms with E-state index in [-0.39, 0.29) is 17.3 Å². The van der Waals surface area contributed by atoms with Gasteiger partial charge in [-0.05, 0) is 30.7 Å². The summed E-state index contributed by atoms with van der Waals surface area (Å²) in [4.78, 5) is 18.1. The Bertz CT molecular complexity index is 463. The second-order valence-electron chi connectivity index (χ2n) is 6.24. The number of hydrogen-bond acceptors (Lipinski definition) is 3. The summed E-state index contributed by atoms with van der Waals surface area (Å²) >= 11 is 0. The number of amides is 1. The van der Waals surface area contributed by atoms with Crippen molar-refractivity contribution in [3.8, 4) is 0 Å². The second-order valence-corrected chi connectivity index (χ2v) is 6.24. The van der Waals surface area contributed by atoms with Gasteiger partial charge in [-0.15, -0.1) is 0 Å². The summed E-state index contributed by atoms with van der Waals surface area (Å²) in [6, 6.07) is 1.17. The predicted octanol–water partition coefficient (Wildman–Crippen LogP) is 3.34. The lowest BCUT2D eigenvalue weighted by molar-refractivity contribution is 0.0741. The number of carbonyl (C=O) groups is 1. The number of nitrogens with two attached hydrogens (primary N) is 1. The van der Waals surface area contributed by atoms with Crippen LogP contribution in [0.4, 0.5) is 10.2 Å². The molecule has 0 fully saturated rings. The van der Waals surface area contributed by atoms with Gasteiger partial charge in [0.05, 0.1) is 11.8 Å². The first-order valence-corrected chi connectivity index (χ1v) is 7.51. The van der Waals surface area contributed by atoms with Crippen LogP contribution >= 0.6 is 0 Å². The first-order chi connectivity index (χ1) is 9.81. The molecule has 0 aromatic carbocycles. The fraction of sp³-hybridized carbons (Fsp3) is 0.625. The quantitative estimate of drug-likeness (QED) is 0.839. The highest BCUT2D eigenvalue weighted by molar-refractivity contribution is 5.98. The molecule has 0 saturated heterocycles. The first kappa shape index (κ1) is 17.4. The molecule has 5 heteroatoms. The molecule has 0 spiro atoms. The molecule has 1 heterocycles. The van der Waals surface area contributed by atoms with Crippen LogP contribution in [0.5, 0.6) is 0 Å². The molecule has 0 aliphatic heterocycles. The maximum Gasteiger partial charge on any atom is 0.257 e. The zero-order valence-corrected chi connectivity index (χ0v) is 13.4. The monoisotopic (exact) mass is 295 g/mol. The van der Waals surface area contributed by atoms with E-state index in [1.807, 2.05) is 0 Å². The van der Waals surface area contributed by atoms with Gasteiger partial charge in [0.25, 0.3) is 5.91 Å². The minimum atomic E-state index is -0.541. The third-order valence-corrected chi connectivity index (χ3v) is 3.36. The molecule has 1 amide bonds. The lowest BCUT2D eigenvalue weighted by atomic mass is 10.1. The molecule has 0 bridgehead atoms. The standard InChI is InChI=1S/C16H26FN3O/c1-11(2)5-7-20(8-6-12(3)4)16(21)14-9-13(17)10-19-15(14)18/h9-12H,5-8H2,1-4H3,(H2,18,19). The molecular weight excluding hydrogens is 269 g/mol. The summed E-state index contributed by atoms with van der Waals surface area (Å²) in [5.41, 5.74) is 5.87. The highest BCUT2D eigenvalue weighted by Gasteiger charge is 2.20. The number of pyridine rings is 1. The number of nitrogens with zero attached hydrogens (tertiary/aromatic N) is 2. The van der Waals surface area contributed by atoms with Crippen LogP contribution in [-0.2, 0) is 0 Å². The van der Waals surface area contributed by atoms with Crippen LogP contribution in [0.2, 0.25) is 0 Å². The maximum atomic E-state index is 13.3. The summed E-state index contributed by atoms with van der Waals surface area (Å²) in [5.74, 6) is 0.311. The van der Waals surface area contributed by atoms with Gasteiger partial charge >= 0.3 is 0 Å². The van der Waals surface area contributed by atoms with Crippen molar-refractivity contribution >= 4 is 11.7 Å². The van der Waals surface area contributed by atoms with Gasteiger partial charge in [0.15, 0.2) is 0 Å². The summed E-state index contributed by atoms with van der Waals surface area (Å²) in [6.07, 6.45) is 2.84. The van der Waals surface area contributed by atoms with Gasteiger partial charge in [0, 0.05) is 13.1 Å². The third kappa shape index (κ3) is 5.69. The molecule has 21 heavy (non-hydrogen) atoms. The number of carbonyl (C=O) groups excluding carboxylic acids is 1. The number of anilines is 1. The molecule has 2 N–H and O–H groups in total. The predicted molar refractivity (Wildman–Crippen MR) is 83.4 cm³/mol. The Morgan fingerprint density at radius 3 is 2.24 bits per heavy atom. The van der Waals surface area contributed by atoms with E-state index in [1.54, 1.807) is 4.90 Å². The Morgan fingerprint density at radius 1 is 1.24 bits per heavy atom. The van der Waals surface area contributed by atoms with E-state index in [2.05, 4.69) is 32.7 Å². The summed E-state index contributed by atoms with van der Waals surface area (Å²) in [6.45, 7) is 9.76. The zero-order valence-electron chi connectivity index (χ0n) is 13.4. The number of rotatable bonds is 7. The molecule has 1 aromatic heterocycles. The van der Waals surface area contributed by atoms with Crippen molar-refractivity contribution in [1.29, 1.82) is 0 Å². The van der Waals surface area contributed by atoms with Gasteiger partial charge in [-0.2, -0.15) is 0 Å². The third-order valence-electron chi connectivity index (χ3n) is 3.36. The smallest absolute Gasteiger partial charge is 0.257 e. The maximum absolute atomic E-state index is 13.3. The topological polar surface area (TPSA) is 59.2 Å². The second kappa shape index (κ2) is 7.96. The largest absolute Gasteiger partial charge is 0.383 e. The molecule has 4 nitrogen and oxygen atoms in total. The van der Waals surface area contributed by atoms with Gasteiger partial charge < -0.3 is 10.6 Å². The Labute approximate surface area is 126 Å². The number of nitrogen functional groups attached to an aromatic ring is 1. The van der Waals surface area contributed by atoms with Gasteiger partial charge in [-0.3, -0.25) is 4.79 Å². The van der Waals surface area contributed by atoms with Crippen LogP contribution in [0.3, 0.4) is 0 Å². The lowest BCUT2D eigenvalue weighted by Gasteiger charge is -2.25. The molecule has 1 aromatic rings. The average molecular weight is 295 g/mol. The number of halogens is 1. The van der Waals surface area contributed by atoms with Crippen LogP contribution in [0, 0.1) is 17.7 Å². The van der Waals surface area contributed by atoms with Crippen LogP contribution in [0.15, 0.2) is 12.3 Å². The van der Waals surface area contributed by atoms with Crippen molar-refractivity contribution in [2.45, 2.75) is 40.5 Å². The van der Waals surface area contributed by atoms with Gasteiger partial charge in [0.1, 0.15) is 11.6 Å². The van der Waals surface area contributed by atoms with E-state index >= 15 is 0 Å². The van der Waals surface area contributed by atoms with Gasteiger partial charge in [-0.25, -0.2) is 9.37 Å². The SMILES string of the molecule is CC(C)CCN(CCC(C)C)C(=O)c1cc(F)cnc1N. The Hall–Kier alpha value is -1.65. The van der Waals surface area contributed by atoms with Crippen LogP contribution in [0.1, 0.15) is 50.9 Å². The number of hydrogen-bond donors (Lipinski definition) is 1. The van der Waals surface area contributed by atoms with Crippen LogP contribution in [-0.4, -0.2) is 28.9 Å². The Kier molecular flexibility index (Phi) is 6.59. The summed E-state index contributed by atoms with van der Waals surface area (Å²) in [7, 11) is 0. The molecule has 0 unspecified atom stereocenters. The van der Waals surface area contributed by atoms with Crippen molar-refractivity contribution in [2.24, 2.45) is 11.8 Å². The number of aromatic nitrogens is 1. The zero-order chi connectivity index (χ0) is 16.0. The van der Waals surface area contributed by atoms with E-state index in [1.165, 1.54) is 6.07 Å². The van der Waals surface area contributed by atoms with Gasteiger partial charge in [-0.1, -0.05) is 27.7 Å². The minimum Gasteiger partial charge on any atom is -0.383 e.